The maximum atomic E-state index is 12.3. The molecule has 2 atom stereocenters. The molecule has 7 heteroatoms. The fourth-order valence-corrected chi connectivity index (χ4v) is 2.77. The Hall–Kier alpha value is -2.85. The molecule has 1 aromatic carbocycles. The van der Waals surface area contributed by atoms with Crippen molar-refractivity contribution in [2.24, 2.45) is 0 Å². The van der Waals surface area contributed by atoms with Crippen molar-refractivity contribution in [3.8, 4) is 23.1 Å². The summed E-state index contributed by atoms with van der Waals surface area (Å²) < 4.78 is 10.9. The van der Waals surface area contributed by atoms with Crippen molar-refractivity contribution >= 4 is 5.91 Å². The quantitative estimate of drug-likeness (QED) is 0.887. The summed E-state index contributed by atoms with van der Waals surface area (Å²) in [5.74, 6) is 0.574. The lowest BCUT2D eigenvalue weighted by molar-refractivity contribution is 0.0905. The van der Waals surface area contributed by atoms with Crippen LogP contribution in [0.1, 0.15) is 29.6 Å². The Morgan fingerprint density at radius 1 is 1.54 bits per heavy atom. The van der Waals surface area contributed by atoms with Crippen LogP contribution in [-0.4, -0.2) is 36.6 Å². The van der Waals surface area contributed by atoms with E-state index in [4.69, 9.17) is 14.4 Å². The first-order valence-electron chi connectivity index (χ1n) is 7.69. The van der Waals surface area contributed by atoms with E-state index in [1.807, 2.05) is 0 Å². The second kappa shape index (κ2) is 6.72. The zero-order valence-electron chi connectivity index (χ0n) is 13.5. The van der Waals surface area contributed by atoms with Crippen molar-refractivity contribution in [3.63, 3.8) is 0 Å². The number of amides is 1. The molecule has 1 aliphatic heterocycles. The molecule has 0 unspecified atom stereocenters. The normalized spacial score (nSPS) is 19.7. The van der Waals surface area contributed by atoms with Gasteiger partial charge in [-0.1, -0.05) is 0 Å². The molecule has 2 aromatic rings. The van der Waals surface area contributed by atoms with E-state index in [0.29, 0.717) is 28.7 Å². The maximum absolute atomic E-state index is 12.3. The molecule has 124 valence electrons. The lowest BCUT2D eigenvalue weighted by Crippen LogP contribution is -2.36. The summed E-state index contributed by atoms with van der Waals surface area (Å²) >= 11 is 0. The predicted octanol–water partition coefficient (Wildman–Crippen LogP) is 1.70. The molecule has 1 aromatic heterocycles. The molecule has 1 aliphatic rings. The summed E-state index contributed by atoms with van der Waals surface area (Å²) in [6, 6.07) is 7.50. The average molecular weight is 326 g/mol. The van der Waals surface area contributed by atoms with Gasteiger partial charge in [-0.3, -0.25) is 4.79 Å². The molecular formula is C17H18N4O3. The number of aromatic nitrogens is 1. The highest BCUT2D eigenvalue weighted by Gasteiger charge is 2.25. The van der Waals surface area contributed by atoms with Crippen LogP contribution in [0.3, 0.4) is 0 Å². The van der Waals surface area contributed by atoms with Gasteiger partial charge in [-0.2, -0.15) is 5.26 Å². The van der Waals surface area contributed by atoms with Crippen molar-refractivity contribution in [1.82, 2.24) is 15.6 Å². The lowest BCUT2D eigenvalue weighted by Gasteiger charge is -2.09. The standard InChI is InChI=1S/C17H18N4O3/c1-10-5-12(8-19-10)21-16(22)17-20-9-15(24-17)13-6-11(7-18)3-4-14(13)23-2/h3-4,6,9-10,12,19H,5,8H2,1-2H3,(H,21,22)/t10-,12-/m1/s1. The Labute approximate surface area is 139 Å². The fourth-order valence-electron chi connectivity index (χ4n) is 2.77. The summed E-state index contributed by atoms with van der Waals surface area (Å²) in [7, 11) is 1.53. The van der Waals surface area contributed by atoms with Crippen molar-refractivity contribution in [1.29, 1.82) is 5.26 Å². The first kappa shape index (κ1) is 16.0. The Bertz CT molecular complexity index is 793. The highest BCUT2D eigenvalue weighted by molar-refractivity contribution is 5.90. The Kier molecular flexibility index (Phi) is 4.49. The van der Waals surface area contributed by atoms with Crippen LogP contribution < -0.4 is 15.4 Å². The van der Waals surface area contributed by atoms with E-state index < -0.39 is 0 Å². The van der Waals surface area contributed by atoms with Crippen LogP contribution in [0.5, 0.6) is 5.75 Å². The molecule has 24 heavy (non-hydrogen) atoms. The fraction of sp³-hybridized carbons (Fsp3) is 0.353. The van der Waals surface area contributed by atoms with Gasteiger partial charge in [0.1, 0.15) is 5.75 Å². The molecule has 0 spiro atoms. The third-order valence-corrected chi connectivity index (χ3v) is 3.98. The van der Waals surface area contributed by atoms with E-state index >= 15 is 0 Å². The highest BCUT2D eigenvalue weighted by Crippen LogP contribution is 2.31. The van der Waals surface area contributed by atoms with Crippen molar-refractivity contribution in [2.75, 3.05) is 13.7 Å². The van der Waals surface area contributed by atoms with Gasteiger partial charge >= 0.3 is 5.91 Å². The minimum atomic E-state index is -0.349. The van der Waals surface area contributed by atoms with Crippen LogP contribution >= 0.6 is 0 Å². The number of nitrogens with zero attached hydrogens (tertiary/aromatic N) is 2. The molecule has 1 saturated heterocycles. The van der Waals surface area contributed by atoms with Crippen molar-refractivity contribution in [3.05, 3.63) is 35.9 Å². The Balaban J connectivity index is 1.80. The predicted molar refractivity (Wildman–Crippen MR) is 86.5 cm³/mol. The van der Waals surface area contributed by atoms with Gasteiger partial charge in [0.05, 0.1) is 30.5 Å². The number of methoxy groups -OCH3 is 1. The van der Waals surface area contributed by atoms with Crippen LogP contribution in [-0.2, 0) is 0 Å². The third-order valence-electron chi connectivity index (χ3n) is 3.98. The maximum Gasteiger partial charge on any atom is 0.307 e. The van der Waals surface area contributed by atoms with Gasteiger partial charge in [0.25, 0.3) is 5.89 Å². The van der Waals surface area contributed by atoms with Gasteiger partial charge in [0, 0.05) is 18.6 Å². The highest BCUT2D eigenvalue weighted by atomic mass is 16.5. The van der Waals surface area contributed by atoms with Crippen LogP contribution in [0.15, 0.2) is 28.8 Å². The smallest absolute Gasteiger partial charge is 0.307 e. The van der Waals surface area contributed by atoms with E-state index in [1.54, 1.807) is 18.2 Å². The first-order valence-corrected chi connectivity index (χ1v) is 7.69. The molecule has 0 radical (unpaired) electrons. The molecule has 2 heterocycles. The number of nitrogens with one attached hydrogen (secondary N) is 2. The summed E-state index contributed by atoms with van der Waals surface area (Å²) in [6.45, 7) is 2.81. The number of benzene rings is 1. The second-order valence-corrected chi connectivity index (χ2v) is 5.77. The van der Waals surface area contributed by atoms with E-state index in [0.717, 1.165) is 13.0 Å². The Morgan fingerprint density at radius 3 is 3.04 bits per heavy atom. The SMILES string of the molecule is COc1ccc(C#N)cc1-c1cnc(C(=O)N[C@H]2CN[C@H](C)C2)o1. The molecule has 2 N–H and O–H groups in total. The molecule has 7 nitrogen and oxygen atoms in total. The van der Waals surface area contributed by atoms with Crippen molar-refractivity contribution < 1.29 is 13.9 Å². The first-order chi connectivity index (χ1) is 11.6. The summed E-state index contributed by atoms with van der Waals surface area (Å²) in [5, 5.41) is 15.2. The van der Waals surface area contributed by atoms with Gasteiger partial charge in [-0.15, -0.1) is 0 Å². The average Bonchev–Trinajstić information content (AvgIpc) is 3.23. The van der Waals surface area contributed by atoms with Crippen LogP contribution in [0, 0.1) is 11.3 Å². The summed E-state index contributed by atoms with van der Waals surface area (Å²) in [4.78, 5) is 16.3. The van der Waals surface area contributed by atoms with Crippen LogP contribution in [0.25, 0.3) is 11.3 Å². The van der Waals surface area contributed by atoms with Crippen molar-refractivity contribution in [2.45, 2.75) is 25.4 Å². The van der Waals surface area contributed by atoms with Gasteiger partial charge in [0.15, 0.2) is 5.76 Å². The number of hydrogen-bond acceptors (Lipinski definition) is 6. The van der Waals surface area contributed by atoms with Crippen LogP contribution in [0.4, 0.5) is 0 Å². The topological polar surface area (TPSA) is 100 Å². The number of nitriles is 1. The molecule has 0 saturated carbocycles. The Morgan fingerprint density at radius 2 is 2.38 bits per heavy atom. The van der Waals surface area contributed by atoms with Gasteiger partial charge in [-0.05, 0) is 31.5 Å². The zero-order chi connectivity index (χ0) is 17.1. The summed E-state index contributed by atoms with van der Waals surface area (Å²) in [5.41, 5.74) is 1.05. The number of rotatable bonds is 4. The number of hydrogen-bond donors (Lipinski definition) is 2. The number of carbonyl (C=O) groups excluding carboxylic acids is 1. The third kappa shape index (κ3) is 3.24. The molecule has 3 rings (SSSR count). The van der Waals surface area contributed by atoms with Gasteiger partial charge in [0.2, 0.25) is 0 Å². The van der Waals surface area contributed by atoms with E-state index in [2.05, 4.69) is 28.6 Å². The largest absolute Gasteiger partial charge is 0.496 e. The number of oxazole rings is 1. The zero-order valence-corrected chi connectivity index (χ0v) is 13.5. The number of ether oxygens (including phenoxy) is 1. The van der Waals surface area contributed by atoms with Crippen LogP contribution in [0.2, 0.25) is 0 Å². The molecule has 0 bridgehead atoms. The molecule has 1 fully saturated rings. The van der Waals surface area contributed by atoms with E-state index in [1.165, 1.54) is 13.3 Å². The molecule has 0 aliphatic carbocycles. The second-order valence-electron chi connectivity index (χ2n) is 5.77. The molecular weight excluding hydrogens is 308 g/mol. The minimum absolute atomic E-state index is 0.00559. The van der Waals surface area contributed by atoms with E-state index in [-0.39, 0.29) is 17.8 Å². The van der Waals surface area contributed by atoms with E-state index in [9.17, 15) is 4.79 Å². The minimum Gasteiger partial charge on any atom is -0.496 e. The monoisotopic (exact) mass is 326 g/mol. The molecule has 1 amide bonds. The van der Waals surface area contributed by atoms with Gasteiger partial charge in [-0.25, -0.2) is 4.98 Å². The number of carbonyl (C=O) groups is 1. The lowest BCUT2D eigenvalue weighted by atomic mass is 10.1. The summed E-state index contributed by atoms with van der Waals surface area (Å²) in [6.07, 6.45) is 2.33. The van der Waals surface area contributed by atoms with Gasteiger partial charge < -0.3 is 19.8 Å².